The van der Waals surface area contributed by atoms with Gasteiger partial charge in [0.05, 0.1) is 5.56 Å². The SMILES string of the molecule is CC(=O)c1cccc(NC(=O)[C@@H](C)OC(=O)c2ccc(F)c(S(=O)(=O)N3CCCCC3)c2)c1. The number of benzene rings is 2. The molecule has 2 aromatic carbocycles. The standard InChI is InChI=1S/C23H25FN2O6S/c1-15(27)17-7-6-8-19(13-17)25-22(28)16(2)32-23(29)18-9-10-20(24)21(14-18)33(30,31)26-11-4-3-5-12-26/h6-10,13-14,16H,3-5,11-12H2,1-2H3,(H,25,28)/t16-/m1/s1. The van der Waals surface area contributed by atoms with Crippen LogP contribution in [0.5, 0.6) is 0 Å². The molecule has 1 saturated heterocycles. The average molecular weight is 477 g/mol. The van der Waals surface area contributed by atoms with Crippen LogP contribution in [0.3, 0.4) is 0 Å². The second-order valence-corrected chi connectivity index (χ2v) is 9.69. The smallest absolute Gasteiger partial charge is 0.338 e. The van der Waals surface area contributed by atoms with Crippen molar-refractivity contribution in [3.05, 3.63) is 59.4 Å². The van der Waals surface area contributed by atoms with Gasteiger partial charge in [-0.25, -0.2) is 17.6 Å². The summed E-state index contributed by atoms with van der Waals surface area (Å²) in [4.78, 5) is 35.8. The maximum absolute atomic E-state index is 14.4. The summed E-state index contributed by atoms with van der Waals surface area (Å²) in [6, 6.07) is 9.21. The van der Waals surface area contributed by atoms with Crippen LogP contribution in [-0.4, -0.2) is 49.6 Å². The van der Waals surface area contributed by atoms with Gasteiger partial charge in [-0.2, -0.15) is 4.31 Å². The second-order valence-electron chi connectivity index (χ2n) is 7.78. The molecular formula is C23H25FN2O6S. The van der Waals surface area contributed by atoms with E-state index in [-0.39, 0.29) is 11.3 Å². The summed E-state index contributed by atoms with van der Waals surface area (Å²) in [5.74, 6) is -2.75. The van der Waals surface area contributed by atoms with Crippen LogP contribution >= 0.6 is 0 Å². The minimum absolute atomic E-state index is 0.169. The lowest BCUT2D eigenvalue weighted by Gasteiger charge is -2.26. The number of carbonyl (C=O) groups excluding carboxylic acids is 3. The molecule has 3 rings (SSSR count). The van der Waals surface area contributed by atoms with Gasteiger partial charge in [0.2, 0.25) is 10.0 Å². The van der Waals surface area contributed by atoms with Gasteiger partial charge in [0, 0.05) is 24.3 Å². The third-order valence-corrected chi connectivity index (χ3v) is 7.20. The molecule has 1 atom stereocenters. The minimum Gasteiger partial charge on any atom is -0.449 e. The van der Waals surface area contributed by atoms with Crippen LogP contribution in [0.15, 0.2) is 47.4 Å². The van der Waals surface area contributed by atoms with Crippen molar-refractivity contribution in [2.75, 3.05) is 18.4 Å². The maximum atomic E-state index is 14.4. The van der Waals surface area contributed by atoms with Gasteiger partial charge in [-0.1, -0.05) is 18.6 Å². The Morgan fingerprint density at radius 2 is 1.73 bits per heavy atom. The Morgan fingerprint density at radius 3 is 2.39 bits per heavy atom. The summed E-state index contributed by atoms with van der Waals surface area (Å²) in [6.07, 6.45) is 1.04. The third-order valence-electron chi connectivity index (χ3n) is 5.29. The summed E-state index contributed by atoms with van der Waals surface area (Å²) < 4.78 is 46.4. The molecular weight excluding hydrogens is 451 g/mol. The lowest BCUT2D eigenvalue weighted by molar-refractivity contribution is -0.123. The number of ether oxygens (including phenoxy) is 1. The molecule has 176 valence electrons. The number of halogens is 1. The molecule has 1 amide bonds. The third kappa shape index (κ3) is 5.82. The Kier molecular flexibility index (Phi) is 7.60. The number of carbonyl (C=O) groups is 3. The number of sulfonamides is 1. The van der Waals surface area contributed by atoms with Crippen molar-refractivity contribution in [1.29, 1.82) is 0 Å². The van der Waals surface area contributed by atoms with Gasteiger partial charge in [-0.15, -0.1) is 0 Å². The first kappa shape index (κ1) is 24.5. The van der Waals surface area contributed by atoms with Crippen molar-refractivity contribution < 1.29 is 31.9 Å². The molecule has 8 nitrogen and oxygen atoms in total. The number of anilines is 1. The summed E-state index contributed by atoms with van der Waals surface area (Å²) >= 11 is 0. The highest BCUT2D eigenvalue weighted by Gasteiger charge is 2.30. The van der Waals surface area contributed by atoms with Gasteiger partial charge in [0.15, 0.2) is 11.9 Å². The monoisotopic (exact) mass is 476 g/mol. The quantitative estimate of drug-likeness (QED) is 0.485. The summed E-state index contributed by atoms with van der Waals surface area (Å²) in [5.41, 5.74) is 0.573. The Morgan fingerprint density at radius 1 is 1.03 bits per heavy atom. The zero-order valence-corrected chi connectivity index (χ0v) is 19.2. The van der Waals surface area contributed by atoms with E-state index in [0.717, 1.165) is 24.6 Å². The molecule has 1 aliphatic heterocycles. The van der Waals surface area contributed by atoms with E-state index in [9.17, 15) is 27.2 Å². The molecule has 1 fully saturated rings. The molecule has 0 saturated carbocycles. The van der Waals surface area contributed by atoms with Crippen LogP contribution in [0.4, 0.5) is 10.1 Å². The van der Waals surface area contributed by atoms with E-state index in [1.165, 1.54) is 24.2 Å². The molecule has 0 aliphatic carbocycles. The van der Waals surface area contributed by atoms with E-state index in [1.807, 2.05) is 0 Å². The largest absolute Gasteiger partial charge is 0.449 e. The molecule has 0 spiro atoms. The first-order valence-corrected chi connectivity index (χ1v) is 12.0. The number of Topliss-reactive ketones (excluding diaryl/α,β-unsaturated/α-hetero) is 1. The van der Waals surface area contributed by atoms with Gasteiger partial charge < -0.3 is 10.1 Å². The molecule has 33 heavy (non-hydrogen) atoms. The van der Waals surface area contributed by atoms with Crippen LogP contribution in [0.25, 0.3) is 0 Å². The van der Waals surface area contributed by atoms with Crippen LogP contribution < -0.4 is 5.32 Å². The minimum atomic E-state index is -4.10. The summed E-state index contributed by atoms with van der Waals surface area (Å²) in [5, 5.41) is 2.55. The van der Waals surface area contributed by atoms with Crippen LogP contribution in [0.2, 0.25) is 0 Å². The number of amides is 1. The number of rotatable bonds is 7. The topological polar surface area (TPSA) is 110 Å². The van der Waals surface area contributed by atoms with Gasteiger partial charge in [0.1, 0.15) is 10.7 Å². The van der Waals surface area contributed by atoms with Gasteiger partial charge in [0.25, 0.3) is 5.91 Å². The molecule has 1 aliphatic rings. The van der Waals surface area contributed by atoms with Gasteiger partial charge in [-0.05, 0) is 57.0 Å². The molecule has 1 N–H and O–H groups in total. The fraction of sp³-hybridized carbons (Fsp3) is 0.348. The highest BCUT2D eigenvalue weighted by molar-refractivity contribution is 7.89. The fourth-order valence-corrected chi connectivity index (χ4v) is 5.02. The molecule has 0 bridgehead atoms. The van der Waals surface area contributed by atoms with E-state index >= 15 is 0 Å². The van der Waals surface area contributed by atoms with Gasteiger partial charge in [-0.3, -0.25) is 9.59 Å². The lowest BCUT2D eigenvalue weighted by Crippen LogP contribution is -2.36. The predicted octanol–water partition coefficient (Wildman–Crippen LogP) is 3.39. The first-order valence-electron chi connectivity index (χ1n) is 10.5. The van der Waals surface area contributed by atoms with Crippen molar-refractivity contribution in [2.24, 2.45) is 0 Å². The summed E-state index contributed by atoms with van der Waals surface area (Å²) in [7, 11) is -4.10. The van der Waals surface area contributed by atoms with E-state index in [1.54, 1.807) is 18.2 Å². The van der Waals surface area contributed by atoms with Gasteiger partial charge >= 0.3 is 5.97 Å². The van der Waals surface area contributed by atoms with Crippen LogP contribution in [0.1, 0.15) is 53.8 Å². The van der Waals surface area contributed by atoms with E-state index < -0.39 is 38.7 Å². The van der Waals surface area contributed by atoms with E-state index in [4.69, 9.17) is 4.74 Å². The first-order chi connectivity index (χ1) is 15.6. The number of hydrogen-bond acceptors (Lipinski definition) is 6. The van der Waals surface area contributed by atoms with Crippen molar-refractivity contribution in [2.45, 2.75) is 44.1 Å². The molecule has 0 radical (unpaired) electrons. The van der Waals surface area contributed by atoms with Crippen molar-refractivity contribution >= 4 is 33.4 Å². The average Bonchev–Trinajstić information content (AvgIpc) is 2.79. The molecule has 1 heterocycles. The fourth-order valence-electron chi connectivity index (χ4n) is 3.41. The van der Waals surface area contributed by atoms with Crippen molar-refractivity contribution in [1.82, 2.24) is 4.31 Å². The molecule has 10 heteroatoms. The molecule has 0 unspecified atom stereocenters. The number of nitrogens with zero attached hydrogens (tertiary/aromatic N) is 1. The Hall–Kier alpha value is -3.11. The highest BCUT2D eigenvalue weighted by atomic mass is 32.2. The van der Waals surface area contributed by atoms with Crippen LogP contribution in [-0.2, 0) is 19.6 Å². The predicted molar refractivity (Wildman–Crippen MR) is 119 cm³/mol. The zero-order valence-electron chi connectivity index (χ0n) is 18.3. The van der Waals surface area contributed by atoms with E-state index in [2.05, 4.69) is 5.32 Å². The van der Waals surface area contributed by atoms with Crippen molar-refractivity contribution in [3.63, 3.8) is 0 Å². The van der Waals surface area contributed by atoms with Crippen LogP contribution in [0, 0.1) is 5.82 Å². The van der Waals surface area contributed by atoms with E-state index in [0.29, 0.717) is 37.2 Å². The Bertz CT molecular complexity index is 1180. The highest BCUT2D eigenvalue weighted by Crippen LogP contribution is 2.24. The normalized spacial score (nSPS) is 15.5. The zero-order chi connectivity index (χ0) is 24.2. The maximum Gasteiger partial charge on any atom is 0.338 e. The molecule has 2 aromatic rings. The number of esters is 1. The lowest BCUT2D eigenvalue weighted by atomic mass is 10.1. The Labute approximate surface area is 191 Å². The number of ketones is 1. The number of nitrogens with one attached hydrogen (secondary N) is 1. The second kappa shape index (κ2) is 10.2. The van der Waals surface area contributed by atoms with Crippen molar-refractivity contribution in [3.8, 4) is 0 Å². The number of hydrogen-bond donors (Lipinski definition) is 1. The molecule has 0 aromatic heterocycles. The summed E-state index contributed by atoms with van der Waals surface area (Å²) in [6.45, 7) is 3.32. The Balaban J connectivity index is 1.72. The number of piperidine rings is 1.